The fourth-order valence-corrected chi connectivity index (χ4v) is 8.74. The zero-order chi connectivity index (χ0) is 26.5. The van der Waals surface area contributed by atoms with Crippen LogP contribution in [0.5, 0.6) is 0 Å². The summed E-state index contributed by atoms with van der Waals surface area (Å²) in [6.07, 6.45) is 29.4. The maximum absolute atomic E-state index is 10.9. The van der Waals surface area contributed by atoms with Crippen LogP contribution in [0.25, 0.3) is 0 Å². The minimum Gasteiger partial charge on any atom is -0.396 e. The van der Waals surface area contributed by atoms with E-state index in [1.165, 1.54) is 109 Å². The minimum atomic E-state index is -0.110. The van der Waals surface area contributed by atoms with Gasteiger partial charge < -0.3 is 5.11 Å². The number of aliphatic hydroxyl groups excluding tert-OH is 1. The van der Waals surface area contributed by atoms with Crippen LogP contribution in [0.15, 0.2) is 12.2 Å². The Bertz CT molecular complexity index is 664. The molecule has 0 aromatic carbocycles. The van der Waals surface area contributed by atoms with Crippen molar-refractivity contribution in [3.63, 3.8) is 0 Å². The van der Waals surface area contributed by atoms with E-state index in [4.69, 9.17) is 0 Å². The van der Waals surface area contributed by atoms with Gasteiger partial charge in [0.15, 0.2) is 0 Å². The molecule has 0 heterocycles. The Hall–Kier alpha value is -0.900. The highest BCUT2D eigenvalue weighted by Crippen LogP contribution is 2.49. The van der Waals surface area contributed by atoms with E-state index in [0.29, 0.717) is 12.5 Å². The first-order valence-electron chi connectivity index (χ1n) is 16.4. The van der Waals surface area contributed by atoms with E-state index < -0.39 is 0 Å². The normalized spacial score (nSPS) is 37.6. The summed E-state index contributed by atoms with van der Waals surface area (Å²) in [5, 5.41) is 20.4. The Morgan fingerprint density at radius 3 is 2.41 bits per heavy atom. The van der Waals surface area contributed by atoms with Gasteiger partial charge in [0.05, 0.1) is 0 Å². The first-order valence-corrected chi connectivity index (χ1v) is 16.4. The first kappa shape index (κ1) is 30.6. The summed E-state index contributed by atoms with van der Waals surface area (Å²) in [4.78, 5) is 10.8. The van der Waals surface area contributed by atoms with Crippen molar-refractivity contribution in [2.75, 3.05) is 13.2 Å². The standard InChI is InChI=1S/C33H59NO3/c1-3-11-29-25-31(18-19-33(29)30-16-10-15-28(24-30)20-22-34(36)37)32-17-9-5-8-14-27(21-23-35)13-7-4-6-12-26(32)2/h9,17,26-33,35H,3-8,10-16,18-25H2,1-2H3/b17-9-/t26-,27?,28?,29?,30?,31?,32?,33?/m0/s1. The molecule has 2 fully saturated rings. The van der Waals surface area contributed by atoms with E-state index in [9.17, 15) is 15.2 Å². The molecule has 1 N–H and O–H groups in total. The molecule has 0 aromatic heterocycles. The third-order valence-corrected chi connectivity index (χ3v) is 10.7. The van der Waals surface area contributed by atoms with Crippen molar-refractivity contribution in [3.05, 3.63) is 22.3 Å². The number of allylic oxidation sites excluding steroid dienone is 2. The molecule has 0 amide bonds. The molecule has 0 spiro atoms. The lowest BCUT2D eigenvalue weighted by Gasteiger charge is -2.45. The predicted octanol–water partition coefficient (Wildman–Crippen LogP) is 9.23. The van der Waals surface area contributed by atoms with Crippen molar-refractivity contribution in [3.8, 4) is 0 Å². The smallest absolute Gasteiger partial charge is 0.204 e. The highest BCUT2D eigenvalue weighted by molar-refractivity contribution is 4.98. The van der Waals surface area contributed by atoms with Gasteiger partial charge in [-0.3, -0.25) is 10.1 Å². The zero-order valence-electron chi connectivity index (χ0n) is 24.3. The molecule has 0 aromatic rings. The number of hydrogen-bond donors (Lipinski definition) is 1. The van der Waals surface area contributed by atoms with E-state index >= 15 is 0 Å². The molecular weight excluding hydrogens is 458 g/mol. The monoisotopic (exact) mass is 517 g/mol. The summed E-state index contributed by atoms with van der Waals surface area (Å²) in [5.41, 5.74) is 0. The molecule has 0 aliphatic heterocycles. The molecule has 4 heteroatoms. The highest BCUT2D eigenvalue weighted by Gasteiger charge is 2.39. The van der Waals surface area contributed by atoms with E-state index in [-0.39, 0.29) is 11.5 Å². The maximum atomic E-state index is 10.9. The Morgan fingerprint density at radius 2 is 1.62 bits per heavy atom. The van der Waals surface area contributed by atoms with Crippen LogP contribution in [-0.2, 0) is 0 Å². The predicted molar refractivity (Wildman–Crippen MR) is 155 cm³/mol. The van der Waals surface area contributed by atoms with E-state index in [0.717, 1.165) is 54.3 Å². The molecule has 0 saturated heterocycles. The molecule has 7 unspecified atom stereocenters. The van der Waals surface area contributed by atoms with Crippen LogP contribution in [0.4, 0.5) is 0 Å². The van der Waals surface area contributed by atoms with Gasteiger partial charge in [-0.15, -0.1) is 0 Å². The van der Waals surface area contributed by atoms with Gasteiger partial charge in [0, 0.05) is 18.0 Å². The topological polar surface area (TPSA) is 63.4 Å². The number of nitro groups is 1. The van der Waals surface area contributed by atoms with Crippen LogP contribution >= 0.6 is 0 Å². The van der Waals surface area contributed by atoms with Gasteiger partial charge in [0.25, 0.3) is 0 Å². The summed E-state index contributed by atoms with van der Waals surface area (Å²) < 4.78 is 0. The molecule has 3 aliphatic carbocycles. The second-order valence-electron chi connectivity index (χ2n) is 13.4. The summed E-state index contributed by atoms with van der Waals surface area (Å²) >= 11 is 0. The highest BCUT2D eigenvalue weighted by atomic mass is 16.6. The summed E-state index contributed by atoms with van der Waals surface area (Å²) in [6, 6.07) is 0. The number of rotatable bonds is 9. The van der Waals surface area contributed by atoms with Gasteiger partial charge in [-0.2, -0.15) is 0 Å². The Balaban J connectivity index is 1.62. The fourth-order valence-electron chi connectivity index (χ4n) is 8.74. The van der Waals surface area contributed by atoms with Crippen molar-refractivity contribution in [1.82, 2.24) is 0 Å². The van der Waals surface area contributed by atoms with Crippen LogP contribution in [0, 0.1) is 57.5 Å². The lowest BCUT2D eigenvalue weighted by molar-refractivity contribution is -0.481. The molecular formula is C33H59NO3. The van der Waals surface area contributed by atoms with Crippen molar-refractivity contribution >= 4 is 0 Å². The number of hydrogen-bond acceptors (Lipinski definition) is 3. The summed E-state index contributed by atoms with van der Waals surface area (Å²) in [6.45, 7) is 5.41. The minimum absolute atomic E-state index is 0.110. The van der Waals surface area contributed by atoms with Crippen molar-refractivity contribution in [2.45, 2.75) is 136 Å². The fraction of sp³-hybridized carbons (Fsp3) is 0.939. The molecule has 0 bridgehead atoms. The quantitative estimate of drug-likeness (QED) is 0.188. The molecule has 37 heavy (non-hydrogen) atoms. The van der Waals surface area contributed by atoms with Gasteiger partial charge >= 0.3 is 0 Å². The van der Waals surface area contributed by atoms with E-state index in [2.05, 4.69) is 26.0 Å². The van der Waals surface area contributed by atoms with Crippen molar-refractivity contribution in [1.29, 1.82) is 0 Å². The van der Waals surface area contributed by atoms with Crippen LogP contribution < -0.4 is 0 Å². The number of aliphatic hydroxyl groups is 1. The van der Waals surface area contributed by atoms with Crippen LogP contribution in [0.2, 0.25) is 0 Å². The van der Waals surface area contributed by atoms with Gasteiger partial charge in [-0.1, -0.05) is 96.6 Å². The lowest BCUT2D eigenvalue weighted by Crippen LogP contribution is -2.36. The van der Waals surface area contributed by atoms with E-state index in [1.54, 1.807) is 0 Å². The Kier molecular flexibility index (Phi) is 14.0. The second-order valence-corrected chi connectivity index (χ2v) is 13.4. The first-order chi connectivity index (χ1) is 18.0. The lowest BCUT2D eigenvalue weighted by atomic mass is 9.60. The summed E-state index contributed by atoms with van der Waals surface area (Å²) in [7, 11) is 0. The van der Waals surface area contributed by atoms with Crippen LogP contribution in [0.3, 0.4) is 0 Å². The maximum Gasteiger partial charge on any atom is 0.204 e. The van der Waals surface area contributed by atoms with Gasteiger partial charge in [0.1, 0.15) is 0 Å². The molecule has 4 nitrogen and oxygen atoms in total. The number of nitrogens with zero attached hydrogens (tertiary/aromatic N) is 1. The van der Waals surface area contributed by atoms with Crippen molar-refractivity contribution in [2.24, 2.45) is 47.3 Å². The molecule has 3 rings (SSSR count). The molecule has 3 aliphatic rings. The Morgan fingerprint density at radius 1 is 0.838 bits per heavy atom. The zero-order valence-corrected chi connectivity index (χ0v) is 24.3. The van der Waals surface area contributed by atoms with Gasteiger partial charge in [0.2, 0.25) is 6.54 Å². The SMILES string of the molecule is CCCC1CC(C2/C=C\CCCC(CCO)CCCCC[C@@H]2C)CCC1C1CCCC(CC[N+](=O)[O-])C1. The molecule has 8 atom stereocenters. The van der Waals surface area contributed by atoms with Gasteiger partial charge in [-0.05, 0) is 92.3 Å². The van der Waals surface area contributed by atoms with Crippen LogP contribution in [0.1, 0.15) is 136 Å². The molecule has 2 saturated carbocycles. The molecule has 214 valence electrons. The van der Waals surface area contributed by atoms with Crippen molar-refractivity contribution < 1.29 is 10.0 Å². The van der Waals surface area contributed by atoms with Crippen LogP contribution in [-0.4, -0.2) is 23.2 Å². The summed E-state index contributed by atoms with van der Waals surface area (Å²) in [5.74, 6) is 6.15. The van der Waals surface area contributed by atoms with Gasteiger partial charge in [-0.25, -0.2) is 0 Å². The Labute approximate surface area is 228 Å². The average Bonchev–Trinajstić information content (AvgIpc) is 2.90. The second kappa shape index (κ2) is 16.9. The third kappa shape index (κ3) is 10.3. The average molecular weight is 518 g/mol. The third-order valence-electron chi connectivity index (χ3n) is 10.7. The largest absolute Gasteiger partial charge is 0.396 e. The van der Waals surface area contributed by atoms with E-state index in [1.807, 2.05) is 0 Å². The molecule has 0 radical (unpaired) electrons.